The zero-order valence-electron chi connectivity index (χ0n) is 26.1. The third-order valence-electron chi connectivity index (χ3n) is 9.49. The van der Waals surface area contributed by atoms with Gasteiger partial charge in [-0.05, 0) is 48.1 Å². The molecule has 4 heterocycles. The van der Waals surface area contributed by atoms with E-state index in [2.05, 4.69) is 31.3 Å². The van der Waals surface area contributed by atoms with Crippen LogP contribution in [0, 0.1) is 0 Å². The summed E-state index contributed by atoms with van der Waals surface area (Å²) in [7, 11) is -1.21. The van der Waals surface area contributed by atoms with Crippen molar-refractivity contribution >= 4 is 55.5 Å². The molecular formula is C34H38N6O4S2. The van der Waals surface area contributed by atoms with Crippen LogP contribution in [0.5, 0.6) is 0 Å². The number of rotatable bonds is 6. The Morgan fingerprint density at radius 3 is 2.48 bits per heavy atom. The lowest BCUT2D eigenvalue weighted by Crippen LogP contribution is -2.49. The molecule has 2 aliphatic heterocycles. The number of hydrogen-bond donors (Lipinski definition) is 1. The molecular weight excluding hydrogens is 621 g/mol. The fraction of sp³-hybridized carbons (Fsp3) is 0.382. The molecule has 7 rings (SSSR count). The summed E-state index contributed by atoms with van der Waals surface area (Å²) in [5.41, 5.74) is 6.18. The normalized spacial score (nSPS) is 17.4. The van der Waals surface area contributed by atoms with Crippen molar-refractivity contribution in [2.45, 2.75) is 44.6 Å². The van der Waals surface area contributed by atoms with Gasteiger partial charge in [-0.25, -0.2) is 9.71 Å². The topological polar surface area (TPSA) is 108 Å². The molecule has 1 aliphatic carbocycles. The molecule has 46 heavy (non-hydrogen) atoms. The van der Waals surface area contributed by atoms with Crippen molar-refractivity contribution in [2.75, 3.05) is 45.2 Å². The molecule has 2 fully saturated rings. The third-order valence-corrected chi connectivity index (χ3v) is 11.7. The highest BCUT2D eigenvalue weighted by Gasteiger charge is 2.32. The Balaban J connectivity index is 1.31. The number of anilines is 1. The first kappa shape index (κ1) is 30.6. The summed E-state index contributed by atoms with van der Waals surface area (Å²) in [6.07, 6.45) is 9.56. The van der Waals surface area contributed by atoms with Crippen LogP contribution in [-0.2, 0) is 21.5 Å². The van der Waals surface area contributed by atoms with Gasteiger partial charge in [-0.1, -0.05) is 49.6 Å². The Morgan fingerprint density at radius 2 is 1.76 bits per heavy atom. The van der Waals surface area contributed by atoms with Crippen molar-refractivity contribution in [3.8, 4) is 11.3 Å². The first-order valence-corrected chi connectivity index (χ1v) is 18.2. The molecule has 1 saturated carbocycles. The molecule has 0 radical (unpaired) electrons. The van der Waals surface area contributed by atoms with Crippen LogP contribution in [0.1, 0.15) is 59.5 Å². The molecule has 240 valence electrons. The summed E-state index contributed by atoms with van der Waals surface area (Å²) in [6.45, 7) is 3.01. The van der Waals surface area contributed by atoms with Gasteiger partial charge in [0.2, 0.25) is 0 Å². The minimum atomic E-state index is -3.96. The highest BCUT2D eigenvalue weighted by atomic mass is 32.2. The van der Waals surface area contributed by atoms with E-state index in [-0.39, 0.29) is 11.5 Å². The van der Waals surface area contributed by atoms with Gasteiger partial charge in [-0.2, -0.15) is 12.7 Å². The smallest absolute Gasteiger partial charge is 0.303 e. The quantitative estimate of drug-likeness (QED) is 0.309. The van der Waals surface area contributed by atoms with Gasteiger partial charge in [-0.15, -0.1) is 11.3 Å². The van der Waals surface area contributed by atoms with Crippen LogP contribution in [0.15, 0.2) is 59.6 Å². The van der Waals surface area contributed by atoms with E-state index in [1.54, 1.807) is 23.5 Å². The average molecular weight is 659 g/mol. The van der Waals surface area contributed by atoms with Crippen molar-refractivity contribution in [3.63, 3.8) is 0 Å². The number of fused-ring (bicyclic) bond motifs is 5. The minimum Gasteiger partial charge on any atom is -0.345 e. The molecule has 12 heteroatoms. The first-order chi connectivity index (χ1) is 22.2. The van der Waals surface area contributed by atoms with E-state index in [0.29, 0.717) is 31.1 Å². The lowest BCUT2D eigenvalue weighted by Gasteiger charge is -2.35. The highest BCUT2D eigenvalue weighted by Crippen LogP contribution is 2.46. The third kappa shape index (κ3) is 5.62. The largest absolute Gasteiger partial charge is 0.345 e. The van der Waals surface area contributed by atoms with Crippen LogP contribution in [-0.4, -0.2) is 79.3 Å². The minimum absolute atomic E-state index is 0.00785. The molecule has 2 amide bonds. The van der Waals surface area contributed by atoms with Crippen LogP contribution in [0.2, 0.25) is 0 Å². The molecule has 0 unspecified atom stereocenters. The van der Waals surface area contributed by atoms with Crippen molar-refractivity contribution in [3.05, 3.63) is 76.3 Å². The molecule has 10 nitrogen and oxygen atoms in total. The van der Waals surface area contributed by atoms with E-state index in [1.807, 2.05) is 40.8 Å². The van der Waals surface area contributed by atoms with E-state index in [1.165, 1.54) is 26.1 Å². The predicted octanol–water partition coefficient (Wildman–Crippen LogP) is 5.09. The second kappa shape index (κ2) is 12.3. The van der Waals surface area contributed by atoms with Gasteiger partial charge in [0.15, 0.2) is 5.13 Å². The Bertz CT molecular complexity index is 1930. The van der Waals surface area contributed by atoms with Gasteiger partial charge in [0.05, 0.1) is 12.2 Å². The molecule has 2 aromatic carbocycles. The number of nitrogens with zero attached hydrogens (tertiary/aromatic N) is 5. The van der Waals surface area contributed by atoms with Gasteiger partial charge in [0.25, 0.3) is 11.8 Å². The molecule has 0 atom stereocenters. The summed E-state index contributed by atoms with van der Waals surface area (Å²) >= 11 is 1.61. The number of amides is 2. The summed E-state index contributed by atoms with van der Waals surface area (Å²) in [5.74, 6) is -0.330. The van der Waals surface area contributed by atoms with Crippen LogP contribution in [0.25, 0.3) is 28.2 Å². The molecule has 4 aromatic rings. The second-order valence-corrected chi connectivity index (χ2v) is 15.2. The van der Waals surface area contributed by atoms with Crippen LogP contribution in [0.3, 0.4) is 0 Å². The number of thiazole rings is 1. The van der Waals surface area contributed by atoms with Crippen LogP contribution in [0.4, 0.5) is 5.13 Å². The molecule has 1 N–H and O–H groups in total. The fourth-order valence-corrected chi connectivity index (χ4v) is 8.32. The van der Waals surface area contributed by atoms with E-state index >= 15 is 0 Å². The number of benzene rings is 2. The Kier molecular flexibility index (Phi) is 8.20. The maximum Gasteiger partial charge on any atom is 0.303 e. The summed E-state index contributed by atoms with van der Waals surface area (Å²) < 4.78 is 30.3. The highest BCUT2D eigenvalue weighted by molar-refractivity contribution is 7.87. The lowest BCUT2D eigenvalue weighted by molar-refractivity contribution is -0.127. The zero-order chi connectivity index (χ0) is 32.0. The van der Waals surface area contributed by atoms with Crippen molar-refractivity contribution in [2.24, 2.45) is 0 Å². The maximum atomic E-state index is 14.2. The SMILES string of the molecule is CN(C)S(=O)(=O)NC(=O)c1ccc2c(C3CCCCC3)c3n(c2c1)CC(C(=O)N1CCN(c2nccs2)CC1)=Cc1ccccc1-3. The molecule has 2 aromatic heterocycles. The lowest BCUT2D eigenvalue weighted by atomic mass is 9.81. The van der Waals surface area contributed by atoms with Gasteiger partial charge >= 0.3 is 10.2 Å². The summed E-state index contributed by atoms with van der Waals surface area (Å²) in [6, 6.07) is 13.7. The van der Waals surface area contributed by atoms with Crippen molar-refractivity contribution < 1.29 is 18.0 Å². The Morgan fingerprint density at radius 1 is 1.00 bits per heavy atom. The summed E-state index contributed by atoms with van der Waals surface area (Å²) in [4.78, 5) is 36.1. The molecule has 0 bridgehead atoms. The molecule has 0 spiro atoms. The number of nitrogens with one attached hydrogen (secondary N) is 1. The number of aromatic nitrogens is 2. The number of piperazine rings is 1. The van der Waals surface area contributed by atoms with Gasteiger partial charge in [0, 0.05) is 79.5 Å². The van der Waals surface area contributed by atoms with Crippen LogP contribution < -0.4 is 9.62 Å². The van der Waals surface area contributed by atoms with Gasteiger partial charge < -0.3 is 14.4 Å². The van der Waals surface area contributed by atoms with Gasteiger partial charge in [-0.3, -0.25) is 9.59 Å². The van der Waals surface area contributed by atoms with E-state index in [0.717, 1.165) is 75.9 Å². The van der Waals surface area contributed by atoms with E-state index < -0.39 is 16.1 Å². The monoisotopic (exact) mass is 658 g/mol. The average Bonchev–Trinajstić information content (AvgIpc) is 3.67. The van der Waals surface area contributed by atoms with Crippen molar-refractivity contribution in [1.29, 1.82) is 0 Å². The molecule has 3 aliphatic rings. The first-order valence-electron chi connectivity index (χ1n) is 15.9. The number of hydrogen-bond acceptors (Lipinski definition) is 7. The number of carbonyl (C=O) groups excluding carboxylic acids is 2. The van der Waals surface area contributed by atoms with Crippen LogP contribution >= 0.6 is 11.3 Å². The standard InChI is InChI=1S/C34H38N6O4S2/c1-37(2)46(43,44)36-32(41)25-12-13-28-29(21-25)40-22-26(33(42)38-15-17-39(18-16-38)34-35-14-19-45-34)20-24-10-6-7-11-27(24)31(40)30(28)23-8-4-3-5-9-23/h6-7,10-14,19-21,23H,3-5,8-9,15-18,22H2,1-2H3,(H,36,41). The summed E-state index contributed by atoms with van der Waals surface area (Å²) in [5, 5.41) is 4.00. The van der Waals surface area contributed by atoms with Crippen molar-refractivity contribution in [1.82, 2.24) is 23.5 Å². The Hall–Kier alpha value is -4.00. The Labute approximate surface area is 273 Å². The zero-order valence-corrected chi connectivity index (χ0v) is 27.7. The number of carbonyl (C=O) groups is 2. The van der Waals surface area contributed by atoms with Gasteiger partial charge in [0.1, 0.15) is 0 Å². The maximum absolute atomic E-state index is 14.2. The predicted molar refractivity (Wildman–Crippen MR) is 182 cm³/mol. The second-order valence-electron chi connectivity index (χ2n) is 12.5. The van der Waals surface area contributed by atoms with E-state index in [4.69, 9.17) is 0 Å². The van der Waals surface area contributed by atoms with E-state index in [9.17, 15) is 18.0 Å². The fourth-order valence-electron chi connectivity index (χ4n) is 7.09. The molecule has 1 saturated heterocycles.